The fourth-order valence-corrected chi connectivity index (χ4v) is 1.49. The minimum absolute atomic E-state index is 0.0821. The number of hydrogen-bond acceptors (Lipinski definition) is 3. The number of azide groups is 1. The van der Waals surface area contributed by atoms with Gasteiger partial charge in [0.1, 0.15) is 5.82 Å². The van der Waals surface area contributed by atoms with Crippen molar-refractivity contribution in [3.05, 3.63) is 34.5 Å². The van der Waals surface area contributed by atoms with Crippen LogP contribution in [0.3, 0.4) is 0 Å². The van der Waals surface area contributed by atoms with E-state index in [1.807, 2.05) is 0 Å². The summed E-state index contributed by atoms with van der Waals surface area (Å²) in [6.07, 6.45) is 0.986. The maximum Gasteiger partial charge on any atom is 0.175 e. The van der Waals surface area contributed by atoms with Crippen molar-refractivity contribution in [2.24, 2.45) is 5.11 Å². The van der Waals surface area contributed by atoms with Gasteiger partial charge in [0.25, 0.3) is 0 Å². The molecule has 0 aliphatic heterocycles. The van der Waals surface area contributed by atoms with Crippen LogP contribution in [0.15, 0.2) is 28.2 Å². The number of hydrogen-bond donors (Lipinski definition) is 0. The topological polar surface area (TPSA) is 82.9 Å². The Labute approximate surface area is 79.7 Å². The van der Waals surface area contributed by atoms with E-state index in [1.165, 1.54) is 0 Å². The highest BCUT2D eigenvalue weighted by atomic mass is 32.2. The van der Waals surface area contributed by atoms with E-state index in [4.69, 9.17) is 5.53 Å². The predicted octanol–water partition coefficient (Wildman–Crippen LogP) is 2.17. The summed E-state index contributed by atoms with van der Waals surface area (Å²) in [4.78, 5) is 2.30. The second-order valence-electron chi connectivity index (χ2n) is 2.57. The molecule has 0 aromatic heterocycles. The van der Waals surface area contributed by atoms with Crippen LogP contribution in [-0.2, 0) is 9.84 Å². The average Bonchev–Trinajstić information content (AvgIpc) is 2.07. The summed E-state index contributed by atoms with van der Waals surface area (Å²) < 4.78 is 35.0. The summed E-state index contributed by atoms with van der Waals surface area (Å²) in [7, 11) is -3.41. The molecule has 0 heterocycles. The van der Waals surface area contributed by atoms with Gasteiger partial charge in [0, 0.05) is 11.2 Å². The molecule has 0 atom stereocenters. The van der Waals surface area contributed by atoms with Crippen molar-refractivity contribution < 1.29 is 12.8 Å². The van der Waals surface area contributed by atoms with Gasteiger partial charge in [0.05, 0.1) is 10.6 Å². The van der Waals surface area contributed by atoms with Crippen LogP contribution in [0.4, 0.5) is 10.1 Å². The summed E-state index contributed by atoms with van der Waals surface area (Å²) in [5, 5.41) is 3.02. The minimum atomic E-state index is -3.41. The number of benzene rings is 1. The molecular formula is C7H6FN3O2S. The quantitative estimate of drug-likeness (QED) is 0.328. The highest BCUT2D eigenvalue weighted by Gasteiger charge is 2.09. The fraction of sp³-hybridized carbons (Fsp3) is 0.143. The van der Waals surface area contributed by atoms with Gasteiger partial charge in [0.15, 0.2) is 9.84 Å². The summed E-state index contributed by atoms with van der Waals surface area (Å²) in [6, 6.07) is 3.05. The molecule has 0 aliphatic carbocycles. The first-order valence-corrected chi connectivity index (χ1v) is 5.39. The molecule has 0 saturated carbocycles. The lowest BCUT2D eigenvalue weighted by molar-refractivity contribution is 0.600. The first kappa shape index (κ1) is 10.5. The maximum atomic E-state index is 12.9. The van der Waals surface area contributed by atoms with Gasteiger partial charge in [-0.05, 0) is 23.7 Å². The minimum Gasteiger partial charge on any atom is -0.224 e. The second kappa shape index (κ2) is 3.65. The van der Waals surface area contributed by atoms with E-state index in [1.54, 1.807) is 0 Å². The molecule has 7 heteroatoms. The second-order valence-corrected chi connectivity index (χ2v) is 4.59. The Bertz CT molecular complexity index is 506. The monoisotopic (exact) mass is 215 g/mol. The van der Waals surface area contributed by atoms with Crippen molar-refractivity contribution in [3.8, 4) is 0 Å². The molecule has 1 rings (SSSR count). The lowest BCUT2D eigenvalue weighted by atomic mass is 10.3. The zero-order valence-electron chi connectivity index (χ0n) is 7.18. The van der Waals surface area contributed by atoms with Crippen LogP contribution in [0, 0.1) is 5.82 Å². The summed E-state index contributed by atoms with van der Waals surface area (Å²) in [6.45, 7) is 0. The molecule has 0 unspecified atom stereocenters. The summed E-state index contributed by atoms with van der Waals surface area (Å²) in [5.74, 6) is -0.754. The smallest absolute Gasteiger partial charge is 0.175 e. The Morgan fingerprint density at radius 1 is 1.50 bits per heavy atom. The molecule has 5 nitrogen and oxygen atoms in total. The van der Waals surface area contributed by atoms with Crippen LogP contribution in [0.1, 0.15) is 0 Å². The van der Waals surface area contributed by atoms with Crippen LogP contribution in [-0.4, -0.2) is 14.7 Å². The van der Waals surface area contributed by atoms with Gasteiger partial charge in [0.2, 0.25) is 0 Å². The van der Waals surface area contributed by atoms with Crippen molar-refractivity contribution in [2.45, 2.75) is 4.90 Å². The molecule has 0 amide bonds. The molecule has 0 fully saturated rings. The van der Waals surface area contributed by atoms with Crippen molar-refractivity contribution >= 4 is 15.5 Å². The first-order valence-electron chi connectivity index (χ1n) is 3.50. The van der Waals surface area contributed by atoms with Gasteiger partial charge in [-0.15, -0.1) is 0 Å². The van der Waals surface area contributed by atoms with E-state index in [2.05, 4.69) is 10.0 Å². The van der Waals surface area contributed by atoms with Crippen LogP contribution in [0.2, 0.25) is 0 Å². The molecular weight excluding hydrogens is 209 g/mol. The van der Waals surface area contributed by atoms with Crippen LogP contribution < -0.4 is 0 Å². The summed E-state index contributed by atoms with van der Waals surface area (Å²) in [5.41, 5.74) is 7.76. The third-order valence-electron chi connectivity index (χ3n) is 1.50. The molecule has 74 valence electrons. The van der Waals surface area contributed by atoms with Crippen molar-refractivity contribution in [1.29, 1.82) is 0 Å². The average molecular weight is 215 g/mol. The van der Waals surface area contributed by atoms with E-state index in [-0.39, 0.29) is 10.6 Å². The first-order chi connectivity index (χ1) is 6.45. The van der Waals surface area contributed by atoms with Gasteiger partial charge < -0.3 is 0 Å². The van der Waals surface area contributed by atoms with E-state index in [0.717, 1.165) is 24.5 Å². The Balaban J connectivity index is 3.41. The highest BCUT2D eigenvalue weighted by molar-refractivity contribution is 7.90. The lowest BCUT2D eigenvalue weighted by Crippen LogP contribution is -1.96. The van der Waals surface area contributed by atoms with E-state index in [9.17, 15) is 12.8 Å². The largest absolute Gasteiger partial charge is 0.224 e. The van der Waals surface area contributed by atoms with Gasteiger partial charge in [-0.2, -0.15) is 0 Å². The van der Waals surface area contributed by atoms with Crippen LogP contribution >= 0.6 is 0 Å². The van der Waals surface area contributed by atoms with Gasteiger partial charge in [-0.1, -0.05) is 5.11 Å². The maximum absolute atomic E-state index is 12.9. The Morgan fingerprint density at radius 2 is 2.14 bits per heavy atom. The van der Waals surface area contributed by atoms with E-state index in [0.29, 0.717) is 0 Å². The van der Waals surface area contributed by atoms with Crippen LogP contribution in [0.25, 0.3) is 10.4 Å². The molecule has 0 aliphatic rings. The van der Waals surface area contributed by atoms with Crippen LogP contribution in [0.5, 0.6) is 0 Å². The molecule has 1 aromatic carbocycles. The Kier molecular flexibility index (Phi) is 2.73. The zero-order valence-corrected chi connectivity index (χ0v) is 7.99. The molecule has 0 bridgehead atoms. The third-order valence-corrected chi connectivity index (χ3v) is 2.61. The zero-order chi connectivity index (χ0) is 10.8. The molecule has 14 heavy (non-hydrogen) atoms. The van der Waals surface area contributed by atoms with Gasteiger partial charge in [-0.25, -0.2) is 12.8 Å². The van der Waals surface area contributed by atoms with Crippen molar-refractivity contribution in [1.82, 2.24) is 0 Å². The number of nitrogens with zero attached hydrogens (tertiary/aromatic N) is 3. The fourth-order valence-electron chi connectivity index (χ4n) is 0.848. The number of halogens is 1. The SMILES string of the molecule is CS(=O)(=O)c1ccc(F)c(N=[N+]=[N-])c1. The molecule has 0 saturated heterocycles. The van der Waals surface area contributed by atoms with E-state index < -0.39 is 15.7 Å². The van der Waals surface area contributed by atoms with Gasteiger partial charge >= 0.3 is 0 Å². The lowest BCUT2D eigenvalue weighted by Gasteiger charge is -1.99. The highest BCUT2D eigenvalue weighted by Crippen LogP contribution is 2.22. The molecule has 0 N–H and O–H groups in total. The molecule has 0 radical (unpaired) electrons. The van der Waals surface area contributed by atoms with Gasteiger partial charge in [-0.3, -0.25) is 0 Å². The molecule has 0 spiro atoms. The van der Waals surface area contributed by atoms with E-state index >= 15 is 0 Å². The number of sulfone groups is 1. The summed E-state index contributed by atoms with van der Waals surface area (Å²) >= 11 is 0. The number of rotatable bonds is 2. The predicted molar refractivity (Wildman–Crippen MR) is 48.3 cm³/mol. The normalized spacial score (nSPS) is 10.7. The third kappa shape index (κ3) is 2.21. The van der Waals surface area contributed by atoms with Crippen molar-refractivity contribution in [2.75, 3.05) is 6.26 Å². The Morgan fingerprint density at radius 3 is 2.64 bits per heavy atom. The standard InChI is InChI=1S/C7H6FN3O2S/c1-14(12,13)5-2-3-6(8)7(4-5)10-11-9/h2-4H,1H3. The van der Waals surface area contributed by atoms with Crippen molar-refractivity contribution in [3.63, 3.8) is 0 Å². The Hall–Kier alpha value is -1.59. The molecule has 1 aromatic rings.